The fourth-order valence-electron chi connectivity index (χ4n) is 2.74. The molecule has 0 heterocycles. The van der Waals surface area contributed by atoms with Crippen molar-refractivity contribution in [2.24, 2.45) is 0 Å². The molecule has 1 amide bonds. The Balaban J connectivity index is 1.94. The monoisotopic (exact) mass is 390 g/mol. The van der Waals surface area contributed by atoms with Crippen molar-refractivity contribution in [3.63, 3.8) is 0 Å². The third kappa shape index (κ3) is 6.94. The zero-order valence-corrected chi connectivity index (χ0v) is 16.7. The summed E-state index contributed by atoms with van der Waals surface area (Å²) in [4.78, 5) is 12.3. The molecule has 0 radical (unpaired) electrons. The van der Waals surface area contributed by atoms with Crippen LogP contribution in [-0.4, -0.2) is 27.2 Å². The summed E-state index contributed by atoms with van der Waals surface area (Å²) in [6, 6.07) is 14.4. The average molecular weight is 391 g/mol. The molecule has 7 heteroatoms. The molecule has 0 aromatic heterocycles. The predicted molar refractivity (Wildman–Crippen MR) is 107 cm³/mol. The number of amides is 1. The van der Waals surface area contributed by atoms with E-state index >= 15 is 0 Å². The molecule has 1 atom stereocenters. The SMILES string of the molecule is CCOc1ccc(CCC(=O)NC(C)c2ccccc2NS(C)(=O)=O)cc1. The highest BCUT2D eigenvalue weighted by atomic mass is 32.2. The smallest absolute Gasteiger partial charge is 0.229 e. The van der Waals surface area contributed by atoms with E-state index in [-0.39, 0.29) is 11.9 Å². The van der Waals surface area contributed by atoms with Crippen LogP contribution < -0.4 is 14.8 Å². The summed E-state index contributed by atoms with van der Waals surface area (Å²) in [5.41, 5.74) is 2.25. The fourth-order valence-corrected chi connectivity index (χ4v) is 3.32. The van der Waals surface area contributed by atoms with Gasteiger partial charge >= 0.3 is 0 Å². The standard InChI is InChI=1S/C20H26N2O4S/c1-4-26-17-12-9-16(10-13-17)11-14-20(23)21-15(2)18-7-5-6-8-19(18)22-27(3,24)25/h5-10,12-13,15,22H,4,11,14H2,1-3H3,(H,21,23). The van der Waals surface area contributed by atoms with E-state index in [2.05, 4.69) is 10.0 Å². The molecule has 6 nitrogen and oxygen atoms in total. The van der Waals surface area contributed by atoms with Crippen LogP contribution in [0.25, 0.3) is 0 Å². The van der Waals surface area contributed by atoms with Crippen molar-refractivity contribution in [2.75, 3.05) is 17.6 Å². The van der Waals surface area contributed by atoms with Crippen molar-refractivity contribution in [3.05, 3.63) is 59.7 Å². The molecule has 146 valence electrons. The van der Waals surface area contributed by atoms with Crippen LogP contribution in [0.2, 0.25) is 0 Å². The molecule has 2 N–H and O–H groups in total. The first-order chi connectivity index (χ1) is 12.8. The summed E-state index contributed by atoms with van der Waals surface area (Å²) in [5, 5.41) is 2.93. The van der Waals surface area contributed by atoms with Crippen LogP contribution in [0.3, 0.4) is 0 Å². The Morgan fingerprint density at radius 3 is 2.41 bits per heavy atom. The van der Waals surface area contributed by atoms with Crippen molar-refractivity contribution in [3.8, 4) is 5.75 Å². The number of rotatable bonds is 9. The van der Waals surface area contributed by atoms with Crippen molar-refractivity contribution in [1.29, 1.82) is 0 Å². The third-order valence-electron chi connectivity index (χ3n) is 3.98. The van der Waals surface area contributed by atoms with Crippen LogP contribution >= 0.6 is 0 Å². The van der Waals surface area contributed by atoms with Crippen molar-refractivity contribution >= 4 is 21.6 Å². The highest BCUT2D eigenvalue weighted by molar-refractivity contribution is 7.92. The Bertz CT molecular complexity index is 864. The summed E-state index contributed by atoms with van der Waals surface area (Å²) >= 11 is 0. The lowest BCUT2D eigenvalue weighted by atomic mass is 10.1. The van der Waals surface area contributed by atoms with Crippen molar-refractivity contribution in [2.45, 2.75) is 32.7 Å². The zero-order valence-electron chi connectivity index (χ0n) is 15.9. The van der Waals surface area contributed by atoms with Gasteiger partial charge in [-0.05, 0) is 49.6 Å². The van der Waals surface area contributed by atoms with Crippen LogP contribution in [0.4, 0.5) is 5.69 Å². The minimum Gasteiger partial charge on any atom is -0.494 e. The molecule has 0 saturated heterocycles. The minimum atomic E-state index is -3.39. The number of aryl methyl sites for hydroxylation is 1. The summed E-state index contributed by atoms with van der Waals surface area (Å²) in [6.07, 6.45) is 2.07. The van der Waals surface area contributed by atoms with E-state index in [9.17, 15) is 13.2 Å². The maximum atomic E-state index is 12.3. The van der Waals surface area contributed by atoms with Crippen LogP contribution in [0.1, 0.15) is 37.4 Å². The molecule has 0 aliphatic heterocycles. The topological polar surface area (TPSA) is 84.5 Å². The van der Waals surface area contributed by atoms with Gasteiger partial charge in [0.05, 0.1) is 24.6 Å². The van der Waals surface area contributed by atoms with Crippen LogP contribution in [0.15, 0.2) is 48.5 Å². The Morgan fingerprint density at radius 2 is 1.78 bits per heavy atom. The Kier molecular flexibility index (Phi) is 7.24. The second-order valence-electron chi connectivity index (χ2n) is 6.33. The van der Waals surface area contributed by atoms with E-state index in [1.807, 2.05) is 44.2 Å². The largest absolute Gasteiger partial charge is 0.494 e. The molecule has 0 fully saturated rings. The number of anilines is 1. The van der Waals surface area contributed by atoms with Gasteiger partial charge in [0.25, 0.3) is 0 Å². The fraction of sp³-hybridized carbons (Fsp3) is 0.350. The molecular weight excluding hydrogens is 364 g/mol. The van der Waals surface area contributed by atoms with Crippen LogP contribution in [0, 0.1) is 0 Å². The molecule has 2 rings (SSSR count). The Labute approximate surface area is 161 Å². The molecule has 1 unspecified atom stereocenters. The molecule has 0 spiro atoms. The van der Waals surface area contributed by atoms with Crippen molar-refractivity contribution < 1.29 is 17.9 Å². The lowest BCUT2D eigenvalue weighted by Gasteiger charge is -2.18. The number of sulfonamides is 1. The van der Waals surface area contributed by atoms with Gasteiger partial charge < -0.3 is 10.1 Å². The number of nitrogens with one attached hydrogen (secondary N) is 2. The van der Waals surface area contributed by atoms with Crippen LogP contribution in [-0.2, 0) is 21.2 Å². The van der Waals surface area contributed by atoms with E-state index in [1.54, 1.807) is 18.2 Å². The number of para-hydroxylation sites is 1. The molecule has 2 aromatic carbocycles. The van der Waals surface area contributed by atoms with Gasteiger partial charge in [0.2, 0.25) is 15.9 Å². The first kappa shape index (κ1) is 20.8. The van der Waals surface area contributed by atoms with E-state index in [0.717, 1.165) is 23.1 Å². The lowest BCUT2D eigenvalue weighted by molar-refractivity contribution is -0.121. The van der Waals surface area contributed by atoms with E-state index < -0.39 is 10.0 Å². The predicted octanol–water partition coefficient (Wildman–Crippen LogP) is 3.27. The van der Waals surface area contributed by atoms with Gasteiger partial charge in [-0.15, -0.1) is 0 Å². The Hall–Kier alpha value is -2.54. The highest BCUT2D eigenvalue weighted by Crippen LogP contribution is 2.23. The van der Waals surface area contributed by atoms with Gasteiger partial charge in [-0.1, -0.05) is 30.3 Å². The minimum absolute atomic E-state index is 0.0921. The molecule has 0 bridgehead atoms. The summed E-state index contributed by atoms with van der Waals surface area (Å²) in [7, 11) is -3.39. The number of carbonyl (C=O) groups is 1. The van der Waals surface area contributed by atoms with Gasteiger partial charge in [-0.3, -0.25) is 9.52 Å². The molecule has 27 heavy (non-hydrogen) atoms. The van der Waals surface area contributed by atoms with Gasteiger partial charge in [0.1, 0.15) is 5.75 Å². The normalized spacial score (nSPS) is 12.3. The number of carbonyl (C=O) groups excluding carboxylic acids is 1. The first-order valence-electron chi connectivity index (χ1n) is 8.86. The molecule has 2 aromatic rings. The number of ether oxygens (including phenoxy) is 1. The maximum Gasteiger partial charge on any atom is 0.229 e. The van der Waals surface area contributed by atoms with E-state index in [0.29, 0.717) is 25.1 Å². The summed E-state index contributed by atoms with van der Waals surface area (Å²) in [6.45, 7) is 4.38. The van der Waals surface area contributed by atoms with Gasteiger partial charge in [-0.25, -0.2) is 8.42 Å². The number of benzene rings is 2. The molecular formula is C20H26N2O4S. The van der Waals surface area contributed by atoms with Crippen LogP contribution in [0.5, 0.6) is 5.75 Å². The van der Waals surface area contributed by atoms with Gasteiger partial charge in [0, 0.05) is 6.42 Å². The van der Waals surface area contributed by atoms with Gasteiger partial charge in [-0.2, -0.15) is 0 Å². The lowest BCUT2D eigenvalue weighted by Crippen LogP contribution is -2.27. The maximum absolute atomic E-state index is 12.3. The second kappa shape index (κ2) is 9.41. The molecule has 0 aliphatic rings. The highest BCUT2D eigenvalue weighted by Gasteiger charge is 2.15. The Morgan fingerprint density at radius 1 is 1.11 bits per heavy atom. The quantitative estimate of drug-likeness (QED) is 0.688. The van der Waals surface area contributed by atoms with Crippen molar-refractivity contribution in [1.82, 2.24) is 5.32 Å². The molecule has 0 aliphatic carbocycles. The summed E-state index contributed by atoms with van der Waals surface area (Å²) < 4.78 is 30.9. The number of hydrogen-bond acceptors (Lipinski definition) is 4. The van der Waals surface area contributed by atoms with E-state index in [1.165, 1.54) is 0 Å². The summed E-state index contributed by atoms with van der Waals surface area (Å²) in [5.74, 6) is 0.722. The third-order valence-corrected chi connectivity index (χ3v) is 4.57. The van der Waals surface area contributed by atoms with E-state index in [4.69, 9.17) is 4.74 Å². The zero-order chi connectivity index (χ0) is 19.9. The average Bonchev–Trinajstić information content (AvgIpc) is 2.60. The number of hydrogen-bond donors (Lipinski definition) is 2. The molecule has 0 saturated carbocycles. The first-order valence-corrected chi connectivity index (χ1v) is 10.8. The van der Waals surface area contributed by atoms with Gasteiger partial charge in [0.15, 0.2) is 0 Å². The second-order valence-corrected chi connectivity index (χ2v) is 8.08.